The molecule has 4 amide bonds. The summed E-state index contributed by atoms with van der Waals surface area (Å²) in [5.41, 5.74) is 0.723. The highest BCUT2D eigenvalue weighted by Gasteiger charge is 2.36. The normalized spacial score (nSPS) is 14.7. The van der Waals surface area contributed by atoms with Crippen molar-refractivity contribution in [2.75, 3.05) is 25.2 Å². The molecule has 172 valence electrons. The summed E-state index contributed by atoms with van der Waals surface area (Å²) in [6.07, 6.45) is 1.42. The molecule has 1 aliphatic heterocycles. The first-order valence-corrected chi connectivity index (χ1v) is 10.5. The number of nitrogens with one attached hydrogen (secondary N) is 1. The van der Waals surface area contributed by atoms with Gasteiger partial charge in [-0.2, -0.15) is 0 Å². The second-order valence-electron chi connectivity index (χ2n) is 7.24. The van der Waals surface area contributed by atoms with E-state index in [1.54, 1.807) is 48.5 Å². The molecule has 0 bridgehead atoms. The molecule has 3 aromatic carbocycles. The van der Waals surface area contributed by atoms with E-state index in [0.29, 0.717) is 36.0 Å². The second kappa shape index (κ2) is 10.4. The highest BCUT2D eigenvalue weighted by Crippen LogP contribution is 2.25. The van der Waals surface area contributed by atoms with Crippen LogP contribution in [-0.2, 0) is 9.59 Å². The lowest BCUT2D eigenvalue weighted by Gasteiger charge is -2.26. The van der Waals surface area contributed by atoms with E-state index >= 15 is 0 Å². The molecular formula is C26H22N2O6. The van der Waals surface area contributed by atoms with Crippen LogP contribution in [0.1, 0.15) is 5.56 Å². The number of carbonyl (C=O) groups is 3. The lowest BCUT2D eigenvalue weighted by atomic mass is 10.1. The molecule has 1 N–H and O–H groups in total. The average molecular weight is 458 g/mol. The van der Waals surface area contributed by atoms with Gasteiger partial charge in [0.1, 0.15) is 36.0 Å². The smallest absolute Gasteiger partial charge is 0.335 e. The Hall–Kier alpha value is -4.59. The number of hydrogen-bond acceptors (Lipinski definition) is 6. The molecule has 0 spiro atoms. The number of nitrogens with zero attached hydrogens (tertiary/aromatic N) is 1. The van der Waals surface area contributed by atoms with Crippen molar-refractivity contribution in [3.63, 3.8) is 0 Å². The van der Waals surface area contributed by atoms with E-state index in [4.69, 9.17) is 14.2 Å². The van der Waals surface area contributed by atoms with Crippen LogP contribution in [0.15, 0.2) is 84.4 Å². The number of para-hydroxylation sites is 1. The first-order chi connectivity index (χ1) is 16.5. The van der Waals surface area contributed by atoms with Gasteiger partial charge in [-0.3, -0.25) is 14.9 Å². The summed E-state index contributed by atoms with van der Waals surface area (Å²) in [4.78, 5) is 38.7. The zero-order valence-corrected chi connectivity index (χ0v) is 18.4. The van der Waals surface area contributed by atoms with Crippen molar-refractivity contribution in [2.24, 2.45) is 0 Å². The minimum atomic E-state index is -0.812. The van der Waals surface area contributed by atoms with Crippen molar-refractivity contribution in [1.82, 2.24) is 5.32 Å². The van der Waals surface area contributed by atoms with Gasteiger partial charge in [-0.05, 0) is 60.2 Å². The van der Waals surface area contributed by atoms with Gasteiger partial charge in [0.05, 0.1) is 12.8 Å². The molecule has 0 aliphatic carbocycles. The molecule has 1 saturated heterocycles. The van der Waals surface area contributed by atoms with Gasteiger partial charge in [0.2, 0.25) is 0 Å². The maximum Gasteiger partial charge on any atom is 0.335 e. The van der Waals surface area contributed by atoms with Gasteiger partial charge in [0.25, 0.3) is 11.8 Å². The van der Waals surface area contributed by atoms with Crippen molar-refractivity contribution >= 4 is 29.6 Å². The Morgan fingerprint density at radius 1 is 0.794 bits per heavy atom. The summed E-state index contributed by atoms with van der Waals surface area (Å²) in [6, 6.07) is 21.9. The fourth-order valence-corrected chi connectivity index (χ4v) is 3.32. The quantitative estimate of drug-likeness (QED) is 0.313. The first-order valence-electron chi connectivity index (χ1n) is 10.5. The van der Waals surface area contributed by atoms with E-state index in [-0.39, 0.29) is 5.57 Å². The molecular weight excluding hydrogens is 436 g/mol. The molecule has 34 heavy (non-hydrogen) atoms. The van der Waals surface area contributed by atoms with E-state index in [9.17, 15) is 14.4 Å². The topological polar surface area (TPSA) is 94.2 Å². The Bertz CT molecular complexity index is 1220. The largest absolute Gasteiger partial charge is 0.497 e. The van der Waals surface area contributed by atoms with Crippen LogP contribution in [0.2, 0.25) is 0 Å². The number of amides is 4. The first kappa shape index (κ1) is 22.6. The number of benzene rings is 3. The number of ether oxygens (including phenoxy) is 3. The monoisotopic (exact) mass is 458 g/mol. The second-order valence-corrected chi connectivity index (χ2v) is 7.24. The van der Waals surface area contributed by atoms with E-state index in [2.05, 4.69) is 5.32 Å². The van der Waals surface area contributed by atoms with Gasteiger partial charge >= 0.3 is 6.03 Å². The highest BCUT2D eigenvalue weighted by atomic mass is 16.5. The third-order valence-corrected chi connectivity index (χ3v) is 4.97. The van der Waals surface area contributed by atoms with Crippen molar-refractivity contribution in [2.45, 2.75) is 0 Å². The van der Waals surface area contributed by atoms with Crippen LogP contribution in [0.4, 0.5) is 10.5 Å². The third-order valence-electron chi connectivity index (χ3n) is 4.97. The number of barbiturate groups is 1. The van der Waals surface area contributed by atoms with Crippen LogP contribution in [0.5, 0.6) is 17.2 Å². The lowest BCUT2D eigenvalue weighted by Crippen LogP contribution is -2.54. The summed E-state index contributed by atoms with van der Waals surface area (Å²) in [5.74, 6) is 0.399. The van der Waals surface area contributed by atoms with Crippen LogP contribution >= 0.6 is 0 Å². The van der Waals surface area contributed by atoms with E-state index in [1.165, 1.54) is 13.2 Å². The Kier molecular flexibility index (Phi) is 6.88. The van der Waals surface area contributed by atoms with Crippen molar-refractivity contribution in [3.8, 4) is 17.2 Å². The lowest BCUT2D eigenvalue weighted by molar-refractivity contribution is -0.122. The highest BCUT2D eigenvalue weighted by molar-refractivity contribution is 6.39. The summed E-state index contributed by atoms with van der Waals surface area (Å²) in [5, 5.41) is 2.21. The SMILES string of the molecule is COc1ccc(N2C(=O)NC(=O)C(=Cc3cccc(OCCOc4ccccc4)c3)C2=O)cc1. The molecule has 0 radical (unpaired) electrons. The van der Waals surface area contributed by atoms with Crippen molar-refractivity contribution in [1.29, 1.82) is 0 Å². The predicted molar refractivity (Wildman–Crippen MR) is 126 cm³/mol. The van der Waals surface area contributed by atoms with Gasteiger partial charge < -0.3 is 14.2 Å². The Morgan fingerprint density at radius 2 is 1.47 bits per heavy atom. The van der Waals surface area contributed by atoms with Gasteiger partial charge in [-0.1, -0.05) is 30.3 Å². The maximum absolute atomic E-state index is 13.0. The molecule has 0 aromatic heterocycles. The molecule has 8 heteroatoms. The Morgan fingerprint density at radius 3 is 2.18 bits per heavy atom. The molecule has 4 rings (SSSR count). The standard InChI is InChI=1S/C26H22N2O6/c1-32-20-12-10-19(11-13-20)28-25(30)23(24(29)27-26(28)31)17-18-6-5-9-22(16-18)34-15-14-33-21-7-3-2-4-8-21/h2-13,16-17H,14-15H2,1H3,(H,27,29,31). The zero-order valence-electron chi connectivity index (χ0n) is 18.4. The third kappa shape index (κ3) is 5.24. The molecule has 8 nitrogen and oxygen atoms in total. The summed E-state index contributed by atoms with van der Waals surface area (Å²) < 4.78 is 16.4. The molecule has 0 unspecified atom stereocenters. The number of imide groups is 2. The van der Waals surface area contributed by atoms with Crippen molar-refractivity contribution in [3.05, 3.63) is 90.0 Å². The fourth-order valence-electron chi connectivity index (χ4n) is 3.32. The molecule has 1 heterocycles. The minimum absolute atomic E-state index is 0.167. The van der Waals surface area contributed by atoms with Crippen LogP contribution in [0.3, 0.4) is 0 Å². The molecule has 1 aliphatic rings. The summed E-state index contributed by atoms with van der Waals surface area (Å²) in [7, 11) is 1.52. The zero-order chi connectivity index (χ0) is 23.9. The van der Waals surface area contributed by atoms with Gasteiger partial charge in [0.15, 0.2) is 0 Å². The number of methoxy groups -OCH3 is 1. The Labute approximate surface area is 196 Å². The number of anilines is 1. The van der Waals surface area contributed by atoms with Crippen LogP contribution in [0.25, 0.3) is 6.08 Å². The van der Waals surface area contributed by atoms with Crippen molar-refractivity contribution < 1.29 is 28.6 Å². The van der Waals surface area contributed by atoms with E-state index in [0.717, 1.165) is 10.6 Å². The number of urea groups is 1. The maximum atomic E-state index is 13.0. The van der Waals surface area contributed by atoms with Crippen LogP contribution in [0, 0.1) is 0 Å². The van der Waals surface area contributed by atoms with E-state index < -0.39 is 17.8 Å². The Balaban J connectivity index is 1.46. The average Bonchev–Trinajstić information content (AvgIpc) is 2.86. The summed E-state index contributed by atoms with van der Waals surface area (Å²) in [6.45, 7) is 0.670. The molecule has 3 aromatic rings. The van der Waals surface area contributed by atoms with Gasteiger partial charge in [0, 0.05) is 0 Å². The number of hydrogen-bond donors (Lipinski definition) is 1. The summed E-state index contributed by atoms with van der Waals surface area (Å²) >= 11 is 0. The molecule has 1 fully saturated rings. The predicted octanol–water partition coefficient (Wildman–Crippen LogP) is 3.82. The molecule has 0 atom stereocenters. The number of carbonyl (C=O) groups excluding carboxylic acids is 3. The van der Waals surface area contributed by atoms with Crippen LogP contribution in [-0.4, -0.2) is 38.2 Å². The minimum Gasteiger partial charge on any atom is -0.497 e. The number of rotatable bonds is 8. The van der Waals surface area contributed by atoms with E-state index in [1.807, 2.05) is 30.3 Å². The van der Waals surface area contributed by atoms with Gasteiger partial charge in [-0.15, -0.1) is 0 Å². The fraction of sp³-hybridized carbons (Fsp3) is 0.115. The van der Waals surface area contributed by atoms with Gasteiger partial charge in [-0.25, -0.2) is 9.69 Å². The molecule has 0 saturated carbocycles. The van der Waals surface area contributed by atoms with Crippen LogP contribution < -0.4 is 24.4 Å².